The van der Waals surface area contributed by atoms with Gasteiger partial charge in [0.25, 0.3) is 5.91 Å². The van der Waals surface area contributed by atoms with Crippen LogP contribution in [0.25, 0.3) is 0 Å². The number of nitrogens with one attached hydrogen (secondary N) is 2. The number of benzene rings is 2. The summed E-state index contributed by atoms with van der Waals surface area (Å²) in [5.74, 6) is -0.677. The molecule has 1 unspecified atom stereocenters. The number of hydrogen-bond donors (Lipinski definition) is 2. The molecule has 0 aliphatic carbocycles. The van der Waals surface area contributed by atoms with E-state index < -0.39 is 11.9 Å². The first-order valence-corrected chi connectivity index (χ1v) is 9.06. The van der Waals surface area contributed by atoms with Crippen molar-refractivity contribution in [2.24, 2.45) is 0 Å². The molecule has 2 aromatic rings. The van der Waals surface area contributed by atoms with Crippen molar-refractivity contribution in [1.82, 2.24) is 10.2 Å². The van der Waals surface area contributed by atoms with Crippen LogP contribution >= 0.6 is 11.6 Å². The SMILES string of the molecule is CN(C)C(CNC(=O)c1ccc2c(c1)CCC(=O)N2)c1c(F)cccc1Cl. The summed E-state index contributed by atoms with van der Waals surface area (Å²) < 4.78 is 14.3. The van der Waals surface area contributed by atoms with Gasteiger partial charge in [-0.2, -0.15) is 0 Å². The Bertz CT molecular complexity index is 865. The van der Waals surface area contributed by atoms with Gasteiger partial charge in [-0.3, -0.25) is 9.59 Å². The molecule has 0 spiro atoms. The van der Waals surface area contributed by atoms with Crippen molar-refractivity contribution in [2.45, 2.75) is 18.9 Å². The summed E-state index contributed by atoms with van der Waals surface area (Å²) >= 11 is 6.18. The number of halogens is 2. The summed E-state index contributed by atoms with van der Waals surface area (Å²) in [4.78, 5) is 25.8. The molecule has 7 heteroatoms. The van der Waals surface area contributed by atoms with Crippen molar-refractivity contribution in [3.63, 3.8) is 0 Å². The first-order valence-electron chi connectivity index (χ1n) is 8.68. The maximum absolute atomic E-state index is 14.3. The molecule has 2 amide bonds. The Hall–Kier alpha value is -2.44. The second-order valence-corrected chi connectivity index (χ2v) is 7.15. The van der Waals surface area contributed by atoms with Crippen LogP contribution in [-0.2, 0) is 11.2 Å². The van der Waals surface area contributed by atoms with E-state index in [2.05, 4.69) is 10.6 Å². The van der Waals surface area contributed by atoms with Gasteiger partial charge >= 0.3 is 0 Å². The molecular weight excluding hydrogens is 369 g/mol. The van der Waals surface area contributed by atoms with Crippen LogP contribution in [0.3, 0.4) is 0 Å². The number of anilines is 1. The van der Waals surface area contributed by atoms with Crippen molar-refractivity contribution in [2.75, 3.05) is 26.0 Å². The molecule has 1 aliphatic heterocycles. The first-order chi connectivity index (χ1) is 12.9. The van der Waals surface area contributed by atoms with E-state index in [1.807, 2.05) is 4.90 Å². The second kappa shape index (κ2) is 8.06. The molecule has 0 bridgehead atoms. The Morgan fingerprint density at radius 1 is 1.30 bits per heavy atom. The third-order valence-electron chi connectivity index (χ3n) is 4.68. The molecule has 0 aromatic heterocycles. The van der Waals surface area contributed by atoms with Crippen molar-refractivity contribution in [3.05, 3.63) is 63.9 Å². The van der Waals surface area contributed by atoms with Gasteiger partial charge in [-0.05, 0) is 56.4 Å². The van der Waals surface area contributed by atoms with Crippen molar-refractivity contribution in [3.8, 4) is 0 Å². The van der Waals surface area contributed by atoms with Crippen LogP contribution in [-0.4, -0.2) is 37.4 Å². The minimum Gasteiger partial charge on any atom is -0.350 e. The molecule has 2 N–H and O–H groups in total. The van der Waals surface area contributed by atoms with Gasteiger partial charge in [0.2, 0.25) is 5.91 Å². The average Bonchev–Trinajstić information content (AvgIpc) is 2.63. The number of nitrogens with zero attached hydrogens (tertiary/aromatic N) is 1. The van der Waals surface area contributed by atoms with Crippen molar-refractivity contribution >= 4 is 29.1 Å². The van der Waals surface area contributed by atoms with Crippen molar-refractivity contribution < 1.29 is 14.0 Å². The standard InChI is InChI=1S/C20H21ClFN3O2/c1-25(2)17(19-14(21)4-3-5-15(19)22)11-23-20(27)13-6-8-16-12(10-13)7-9-18(26)24-16/h3-6,8,10,17H,7,9,11H2,1-2H3,(H,23,27)(H,24,26). The second-order valence-electron chi connectivity index (χ2n) is 6.74. The van der Waals surface area contributed by atoms with E-state index in [9.17, 15) is 14.0 Å². The number of carbonyl (C=O) groups excluding carboxylic acids is 2. The highest BCUT2D eigenvalue weighted by Crippen LogP contribution is 2.28. The molecule has 1 heterocycles. The number of hydrogen-bond acceptors (Lipinski definition) is 3. The van der Waals surface area contributed by atoms with Crippen molar-refractivity contribution in [1.29, 1.82) is 0 Å². The summed E-state index contributed by atoms with van der Waals surface area (Å²) in [6.45, 7) is 0.209. The zero-order chi connectivity index (χ0) is 19.6. The van der Waals surface area contributed by atoms with Gasteiger partial charge in [0.15, 0.2) is 0 Å². The molecule has 27 heavy (non-hydrogen) atoms. The molecule has 2 aromatic carbocycles. The van der Waals surface area contributed by atoms with Gasteiger partial charge in [-0.15, -0.1) is 0 Å². The van der Waals surface area contributed by atoms with E-state index in [0.29, 0.717) is 29.0 Å². The highest BCUT2D eigenvalue weighted by molar-refractivity contribution is 6.31. The van der Waals surface area contributed by atoms with E-state index in [-0.39, 0.29) is 18.4 Å². The Morgan fingerprint density at radius 2 is 2.07 bits per heavy atom. The number of fused-ring (bicyclic) bond motifs is 1. The zero-order valence-electron chi connectivity index (χ0n) is 15.2. The number of rotatable bonds is 5. The van der Waals surface area contributed by atoms with E-state index in [0.717, 1.165) is 11.3 Å². The lowest BCUT2D eigenvalue weighted by Crippen LogP contribution is -2.35. The highest BCUT2D eigenvalue weighted by atomic mass is 35.5. The molecule has 142 valence electrons. The fraction of sp³-hybridized carbons (Fsp3) is 0.300. The molecule has 1 atom stereocenters. The molecule has 0 fully saturated rings. The largest absolute Gasteiger partial charge is 0.350 e. The third kappa shape index (κ3) is 4.28. The third-order valence-corrected chi connectivity index (χ3v) is 5.00. The van der Waals surface area contributed by atoms with E-state index >= 15 is 0 Å². The Labute approximate surface area is 162 Å². The lowest BCUT2D eigenvalue weighted by Gasteiger charge is -2.26. The van der Waals surface area contributed by atoms with E-state index in [1.165, 1.54) is 6.07 Å². The molecule has 5 nitrogen and oxygen atoms in total. The highest BCUT2D eigenvalue weighted by Gasteiger charge is 2.22. The van der Waals surface area contributed by atoms with Crippen LogP contribution in [0.15, 0.2) is 36.4 Å². The summed E-state index contributed by atoms with van der Waals surface area (Å²) in [5, 5.41) is 5.97. The Balaban J connectivity index is 1.74. The lowest BCUT2D eigenvalue weighted by atomic mass is 10.00. The normalized spacial score (nSPS) is 14.5. The molecule has 0 saturated heterocycles. The quantitative estimate of drug-likeness (QED) is 0.824. The van der Waals surface area contributed by atoms with Crippen LogP contribution in [0, 0.1) is 5.82 Å². The van der Waals surface area contributed by atoms with Gasteiger partial charge < -0.3 is 15.5 Å². The van der Waals surface area contributed by atoms with Gasteiger partial charge in [0.05, 0.1) is 6.04 Å². The van der Waals surface area contributed by atoms with Crippen LogP contribution < -0.4 is 10.6 Å². The summed E-state index contributed by atoms with van der Waals surface area (Å²) in [6.07, 6.45) is 1.01. The Kier molecular flexibility index (Phi) is 5.77. The molecule has 3 rings (SSSR count). The van der Waals surface area contributed by atoms with Gasteiger partial charge in [0, 0.05) is 34.8 Å². The Morgan fingerprint density at radius 3 is 2.78 bits per heavy atom. The number of amides is 2. The fourth-order valence-electron chi connectivity index (χ4n) is 3.19. The van der Waals surface area contributed by atoms with Crippen LogP contribution in [0.1, 0.15) is 33.9 Å². The number of carbonyl (C=O) groups is 2. The van der Waals surface area contributed by atoms with E-state index in [1.54, 1.807) is 44.4 Å². The van der Waals surface area contributed by atoms with Crippen LogP contribution in [0.4, 0.5) is 10.1 Å². The minimum absolute atomic E-state index is 0.0182. The molecule has 1 aliphatic rings. The summed E-state index contributed by atoms with van der Waals surface area (Å²) in [6, 6.07) is 9.33. The molecule has 0 radical (unpaired) electrons. The maximum atomic E-state index is 14.3. The topological polar surface area (TPSA) is 61.4 Å². The fourth-order valence-corrected chi connectivity index (χ4v) is 3.48. The maximum Gasteiger partial charge on any atom is 0.251 e. The zero-order valence-corrected chi connectivity index (χ0v) is 15.9. The number of likely N-dealkylation sites (N-methyl/N-ethyl adjacent to an activating group) is 1. The average molecular weight is 390 g/mol. The monoisotopic (exact) mass is 389 g/mol. The van der Waals surface area contributed by atoms with Crippen LogP contribution in [0.2, 0.25) is 5.02 Å². The predicted molar refractivity (Wildman–Crippen MR) is 104 cm³/mol. The number of aryl methyl sites for hydroxylation is 1. The van der Waals surface area contributed by atoms with Gasteiger partial charge in [-0.25, -0.2) is 4.39 Å². The molecular formula is C20H21ClFN3O2. The summed E-state index contributed by atoms with van der Waals surface area (Å²) in [5.41, 5.74) is 2.54. The molecule has 0 saturated carbocycles. The lowest BCUT2D eigenvalue weighted by molar-refractivity contribution is -0.116. The van der Waals surface area contributed by atoms with Gasteiger partial charge in [-0.1, -0.05) is 17.7 Å². The summed E-state index contributed by atoms with van der Waals surface area (Å²) in [7, 11) is 3.61. The smallest absolute Gasteiger partial charge is 0.251 e. The first kappa shape index (κ1) is 19.3. The minimum atomic E-state index is -0.403. The van der Waals surface area contributed by atoms with Crippen LogP contribution in [0.5, 0.6) is 0 Å². The van der Waals surface area contributed by atoms with Gasteiger partial charge in [0.1, 0.15) is 5.82 Å². The van der Waals surface area contributed by atoms with E-state index in [4.69, 9.17) is 11.6 Å². The predicted octanol–water partition coefficient (Wildman–Crippen LogP) is 3.40.